The predicted molar refractivity (Wildman–Crippen MR) is 56.2 cm³/mol. The molecule has 1 heterocycles. The standard InChI is InChI=1S/C10H8ClF3S/c11-7-2-1-6(5-7)8-3-4-15-9(8)10(12,13)14/h3-5,7H,1-2H2. The van der Waals surface area contributed by atoms with E-state index in [0.29, 0.717) is 12.0 Å². The van der Waals surface area contributed by atoms with E-state index in [1.165, 1.54) is 11.4 Å². The van der Waals surface area contributed by atoms with Gasteiger partial charge < -0.3 is 0 Å². The van der Waals surface area contributed by atoms with Gasteiger partial charge in [-0.05, 0) is 29.9 Å². The Hall–Kier alpha value is -0.480. The Morgan fingerprint density at radius 3 is 2.67 bits per heavy atom. The molecule has 2 rings (SSSR count). The van der Waals surface area contributed by atoms with Crippen molar-refractivity contribution in [2.45, 2.75) is 24.4 Å². The van der Waals surface area contributed by atoms with E-state index in [2.05, 4.69) is 0 Å². The highest BCUT2D eigenvalue weighted by molar-refractivity contribution is 7.10. The second-order valence-electron chi connectivity index (χ2n) is 3.41. The number of thiophene rings is 1. The van der Waals surface area contributed by atoms with Gasteiger partial charge in [0, 0.05) is 5.56 Å². The van der Waals surface area contributed by atoms with E-state index in [9.17, 15) is 13.2 Å². The van der Waals surface area contributed by atoms with E-state index in [1.54, 1.807) is 6.08 Å². The first-order valence-corrected chi connectivity index (χ1v) is 5.80. The molecule has 15 heavy (non-hydrogen) atoms. The van der Waals surface area contributed by atoms with Crippen LogP contribution < -0.4 is 0 Å². The highest BCUT2D eigenvalue weighted by Gasteiger charge is 2.36. The predicted octanol–water partition coefficient (Wildman–Crippen LogP) is 4.55. The lowest BCUT2D eigenvalue weighted by atomic mass is 10.1. The second-order valence-corrected chi connectivity index (χ2v) is 4.88. The summed E-state index contributed by atoms with van der Waals surface area (Å²) >= 11 is 6.57. The van der Waals surface area contributed by atoms with Gasteiger partial charge in [0.2, 0.25) is 0 Å². The van der Waals surface area contributed by atoms with Gasteiger partial charge in [-0.1, -0.05) is 6.08 Å². The van der Waals surface area contributed by atoms with Crippen molar-refractivity contribution in [1.82, 2.24) is 0 Å². The number of hydrogen-bond acceptors (Lipinski definition) is 1. The second kappa shape index (κ2) is 3.83. The van der Waals surface area contributed by atoms with Crippen LogP contribution in [0, 0.1) is 0 Å². The minimum Gasteiger partial charge on any atom is -0.165 e. The largest absolute Gasteiger partial charge is 0.426 e. The third kappa shape index (κ3) is 2.21. The third-order valence-corrected chi connectivity index (χ3v) is 3.64. The maximum Gasteiger partial charge on any atom is 0.426 e. The fourth-order valence-electron chi connectivity index (χ4n) is 1.68. The van der Waals surface area contributed by atoms with Crippen LogP contribution in [0.15, 0.2) is 17.5 Å². The molecule has 1 aromatic rings. The lowest BCUT2D eigenvalue weighted by molar-refractivity contribution is -0.134. The first kappa shape index (κ1) is 11.0. The molecular formula is C10H8ClF3S. The van der Waals surface area contributed by atoms with E-state index in [0.717, 1.165) is 23.3 Å². The van der Waals surface area contributed by atoms with E-state index < -0.39 is 11.1 Å². The summed E-state index contributed by atoms with van der Waals surface area (Å²) in [6.07, 6.45) is -1.17. The van der Waals surface area contributed by atoms with E-state index in [4.69, 9.17) is 11.6 Å². The van der Waals surface area contributed by atoms with Crippen LogP contribution in [-0.4, -0.2) is 5.38 Å². The quantitative estimate of drug-likeness (QED) is 0.643. The zero-order valence-electron chi connectivity index (χ0n) is 7.64. The van der Waals surface area contributed by atoms with Crippen molar-refractivity contribution in [1.29, 1.82) is 0 Å². The summed E-state index contributed by atoms with van der Waals surface area (Å²) < 4.78 is 37.7. The SMILES string of the molecule is FC(F)(F)c1sccc1C1=CC(Cl)CC1. The number of allylic oxidation sites excluding steroid dienone is 2. The van der Waals surface area contributed by atoms with Crippen molar-refractivity contribution >= 4 is 28.5 Å². The molecule has 0 aliphatic heterocycles. The lowest BCUT2D eigenvalue weighted by Gasteiger charge is -2.07. The summed E-state index contributed by atoms with van der Waals surface area (Å²) in [5.41, 5.74) is 1.03. The highest BCUT2D eigenvalue weighted by Crippen LogP contribution is 2.42. The molecule has 1 unspecified atom stereocenters. The van der Waals surface area contributed by atoms with Crippen molar-refractivity contribution in [3.8, 4) is 0 Å². The Morgan fingerprint density at radius 2 is 2.13 bits per heavy atom. The Morgan fingerprint density at radius 1 is 1.40 bits per heavy atom. The molecule has 0 N–H and O–H groups in total. The summed E-state index contributed by atoms with van der Waals surface area (Å²) in [5, 5.41) is 1.35. The van der Waals surface area contributed by atoms with Crippen molar-refractivity contribution < 1.29 is 13.2 Å². The Labute approximate surface area is 94.4 Å². The summed E-state index contributed by atoms with van der Waals surface area (Å²) in [6.45, 7) is 0. The van der Waals surface area contributed by atoms with E-state index in [1.807, 2.05) is 0 Å². The average Bonchev–Trinajstić information content (AvgIpc) is 2.68. The molecule has 1 atom stereocenters. The maximum atomic E-state index is 12.6. The monoisotopic (exact) mass is 252 g/mol. The van der Waals surface area contributed by atoms with Crippen molar-refractivity contribution in [3.63, 3.8) is 0 Å². The molecule has 0 aromatic carbocycles. The highest BCUT2D eigenvalue weighted by atomic mass is 35.5. The molecule has 0 saturated carbocycles. The molecule has 0 nitrogen and oxygen atoms in total. The molecule has 0 bridgehead atoms. The molecule has 0 radical (unpaired) electrons. The third-order valence-electron chi connectivity index (χ3n) is 2.34. The van der Waals surface area contributed by atoms with Crippen LogP contribution in [0.4, 0.5) is 13.2 Å². The number of hydrogen-bond donors (Lipinski definition) is 0. The Balaban J connectivity index is 2.38. The summed E-state index contributed by atoms with van der Waals surface area (Å²) in [7, 11) is 0. The normalized spacial score (nSPS) is 21.9. The van der Waals surface area contributed by atoms with Crippen LogP contribution in [0.2, 0.25) is 0 Å². The van der Waals surface area contributed by atoms with Crippen LogP contribution >= 0.6 is 22.9 Å². The Kier molecular flexibility index (Phi) is 2.81. The molecule has 1 aromatic heterocycles. The number of halogens is 4. The first-order valence-electron chi connectivity index (χ1n) is 4.48. The molecule has 1 aliphatic rings. The van der Waals surface area contributed by atoms with Gasteiger partial charge in [0.15, 0.2) is 0 Å². The molecule has 0 saturated heterocycles. The zero-order valence-corrected chi connectivity index (χ0v) is 9.22. The fourth-order valence-corrected chi connectivity index (χ4v) is 2.75. The molecule has 0 spiro atoms. The molecule has 0 fully saturated rings. The van der Waals surface area contributed by atoms with Crippen molar-refractivity contribution in [2.24, 2.45) is 0 Å². The smallest absolute Gasteiger partial charge is 0.165 e. The molecule has 5 heteroatoms. The van der Waals surface area contributed by atoms with E-state index in [-0.39, 0.29) is 5.38 Å². The van der Waals surface area contributed by atoms with E-state index >= 15 is 0 Å². The molecule has 82 valence electrons. The summed E-state index contributed by atoms with van der Waals surface area (Å²) in [5.74, 6) is 0. The summed E-state index contributed by atoms with van der Waals surface area (Å²) in [6, 6.07) is 1.52. The van der Waals surface area contributed by atoms with Crippen LogP contribution in [0.1, 0.15) is 23.3 Å². The van der Waals surface area contributed by atoms with Crippen LogP contribution in [0.3, 0.4) is 0 Å². The maximum absolute atomic E-state index is 12.6. The van der Waals surface area contributed by atoms with Crippen LogP contribution in [0.5, 0.6) is 0 Å². The van der Waals surface area contributed by atoms with Crippen LogP contribution in [-0.2, 0) is 6.18 Å². The van der Waals surface area contributed by atoms with Gasteiger partial charge in [-0.25, -0.2) is 0 Å². The van der Waals surface area contributed by atoms with Crippen LogP contribution in [0.25, 0.3) is 5.57 Å². The fraction of sp³-hybridized carbons (Fsp3) is 0.400. The van der Waals surface area contributed by atoms with Gasteiger partial charge in [-0.15, -0.1) is 22.9 Å². The topological polar surface area (TPSA) is 0 Å². The van der Waals surface area contributed by atoms with Gasteiger partial charge in [0.05, 0.1) is 5.38 Å². The van der Waals surface area contributed by atoms with Crippen molar-refractivity contribution in [3.05, 3.63) is 28.0 Å². The number of alkyl halides is 4. The van der Waals surface area contributed by atoms with Gasteiger partial charge in [-0.2, -0.15) is 13.2 Å². The molecule has 0 amide bonds. The van der Waals surface area contributed by atoms with Gasteiger partial charge in [0.1, 0.15) is 4.88 Å². The Bertz CT molecular complexity index is 392. The van der Waals surface area contributed by atoms with Gasteiger partial charge in [0.25, 0.3) is 0 Å². The summed E-state index contributed by atoms with van der Waals surface area (Å²) in [4.78, 5) is -0.514. The first-order chi connectivity index (χ1) is 6.98. The lowest BCUT2D eigenvalue weighted by Crippen LogP contribution is -2.04. The van der Waals surface area contributed by atoms with Gasteiger partial charge in [-0.3, -0.25) is 0 Å². The minimum absolute atomic E-state index is 0.124. The average molecular weight is 253 g/mol. The van der Waals surface area contributed by atoms with Crippen molar-refractivity contribution in [2.75, 3.05) is 0 Å². The molecule has 1 aliphatic carbocycles. The van der Waals surface area contributed by atoms with Gasteiger partial charge >= 0.3 is 6.18 Å². The molecular weight excluding hydrogens is 245 g/mol. The zero-order chi connectivity index (χ0) is 11.1. The number of rotatable bonds is 1. The minimum atomic E-state index is -4.26.